The number of carbonyl (C=O) groups excluding carboxylic acids is 2. The summed E-state index contributed by atoms with van der Waals surface area (Å²) in [4.78, 5) is 31.7. The van der Waals surface area contributed by atoms with Crippen LogP contribution in [-0.4, -0.2) is 54.3 Å². The Balaban J connectivity index is 3.66. The number of hydrogen-bond donors (Lipinski definition) is 3. The summed E-state index contributed by atoms with van der Waals surface area (Å²) in [7, 11) is -4.35. The first-order chi connectivity index (χ1) is 12.8. The number of aliphatic hydroxyl groups excluding tert-OH is 1. The average Bonchev–Trinajstić information content (AvgIpc) is 2.61. The van der Waals surface area contributed by atoms with Crippen molar-refractivity contribution in [1.29, 1.82) is 0 Å². The molecule has 0 fully saturated rings. The van der Waals surface area contributed by atoms with E-state index >= 15 is 0 Å². The SMILES string of the molecule is CCCCCCCCCC(=O)NCCOP(=O)(O)OCC(O)COC(C)=O. The molecule has 0 aromatic heterocycles. The summed E-state index contributed by atoms with van der Waals surface area (Å²) in [5.74, 6) is -0.706. The van der Waals surface area contributed by atoms with Gasteiger partial charge in [-0.3, -0.25) is 18.6 Å². The molecule has 0 saturated heterocycles. The molecule has 0 aromatic rings. The first kappa shape index (κ1) is 26.0. The van der Waals surface area contributed by atoms with Crippen molar-refractivity contribution in [1.82, 2.24) is 5.32 Å². The third kappa shape index (κ3) is 18.2. The first-order valence-corrected chi connectivity index (χ1v) is 11.0. The van der Waals surface area contributed by atoms with E-state index < -0.39 is 26.5 Å². The Bertz CT molecular complexity index is 460. The summed E-state index contributed by atoms with van der Waals surface area (Å²) in [6.07, 6.45) is 7.06. The minimum absolute atomic E-state index is 0.0826. The van der Waals surface area contributed by atoms with Gasteiger partial charge < -0.3 is 20.1 Å². The van der Waals surface area contributed by atoms with Crippen molar-refractivity contribution >= 4 is 19.7 Å². The molecular weight excluding hydrogens is 377 g/mol. The minimum atomic E-state index is -4.35. The van der Waals surface area contributed by atoms with Gasteiger partial charge in [0.1, 0.15) is 12.7 Å². The first-order valence-electron chi connectivity index (χ1n) is 9.47. The topological polar surface area (TPSA) is 131 Å². The molecule has 0 rings (SSSR count). The second kappa shape index (κ2) is 16.0. The second-order valence-electron chi connectivity index (χ2n) is 6.28. The number of phosphoric acid groups is 1. The van der Waals surface area contributed by atoms with E-state index in [4.69, 9.17) is 4.52 Å². The van der Waals surface area contributed by atoms with Crippen molar-refractivity contribution in [3.8, 4) is 0 Å². The van der Waals surface area contributed by atoms with Gasteiger partial charge in [-0.15, -0.1) is 0 Å². The van der Waals surface area contributed by atoms with Gasteiger partial charge in [-0.25, -0.2) is 4.57 Å². The number of rotatable bonds is 17. The Hall–Kier alpha value is -0.990. The number of esters is 1. The molecule has 0 aliphatic rings. The van der Waals surface area contributed by atoms with Crippen LogP contribution in [0, 0.1) is 0 Å². The molecule has 0 radical (unpaired) electrons. The number of phosphoric ester groups is 1. The number of unbranched alkanes of at least 4 members (excludes halogenated alkanes) is 6. The van der Waals surface area contributed by atoms with Crippen molar-refractivity contribution in [3.63, 3.8) is 0 Å². The van der Waals surface area contributed by atoms with Crippen molar-refractivity contribution in [3.05, 3.63) is 0 Å². The highest BCUT2D eigenvalue weighted by atomic mass is 31.2. The summed E-state index contributed by atoms with van der Waals surface area (Å²) in [5, 5.41) is 12.0. The van der Waals surface area contributed by atoms with Gasteiger partial charge in [0, 0.05) is 19.9 Å². The minimum Gasteiger partial charge on any atom is -0.463 e. The average molecular weight is 411 g/mol. The van der Waals surface area contributed by atoms with Gasteiger partial charge in [0.15, 0.2) is 0 Å². The van der Waals surface area contributed by atoms with Crippen LogP contribution in [-0.2, 0) is 27.9 Å². The number of amides is 1. The molecule has 10 heteroatoms. The standard InChI is InChI=1S/C17H34NO8P/c1-3-4-5-6-7-8-9-10-17(21)18-11-12-25-27(22,23)26-14-16(20)13-24-15(2)19/h16,20H,3-14H2,1-2H3,(H,18,21)(H,22,23). The molecule has 9 nitrogen and oxygen atoms in total. The summed E-state index contributed by atoms with van der Waals surface area (Å²) in [6.45, 7) is 2.37. The lowest BCUT2D eigenvalue weighted by molar-refractivity contribution is -0.144. The van der Waals surface area contributed by atoms with E-state index in [9.17, 15) is 24.2 Å². The van der Waals surface area contributed by atoms with E-state index in [2.05, 4.69) is 21.5 Å². The van der Waals surface area contributed by atoms with Crippen molar-refractivity contribution < 1.29 is 37.9 Å². The number of carbonyl (C=O) groups is 2. The zero-order valence-electron chi connectivity index (χ0n) is 16.4. The predicted octanol–water partition coefficient (Wildman–Crippen LogP) is 2.30. The Morgan fingerprint density at radius 1 is 1.04 bits per heavy atom. The van der Waals surface area contributed by atoms with E-state index in [1.165, 1.54) is 32.6 Å². The fourth-order valence-electron chi connectivity index (χ4n) is 2.16. The summed E-state index contributed by atoms with van der Waals surface area (Å²) < 4.78 is 25.4. The molecule has 160 valence electrons. The van der Waals surface area contributed by atoms with E-state index in [0.29, 0.717) is 6.42 Å². The molecule has 0 aliphatic carbocycles. The number of hydrogen-bond acceptors (Lipinski definition) is 7. The number of ether oxygens (including phenoxy) is 1. The Morgan fingerprint density at radius 2 is 1.67 bits per heavy atom. The van der Waals surface area contributed by atoms with Crippen molar-refractivity contribution in [2.45, 2.75) is 71.3 Å². The maximum absolute atomic E-state index is 11.6. The Labute approximate surface area is 161 Å². The zero-order chi connectivity index (χ0) is 20.5. The fourth-order valence-corrected chi connectivity index (χ4v) is 2.92. The van der Waals surface area contributed by atoms with Crippen LogP contribution in [0.3, 0.4) is 0 Å². The van der Waals surface area contributed by atoms with Crippen LogP contribution in [0.4, 0.5) is 0 Å². The normalized spacial score (nSPS) is 14.4. The maximum atomic E-state index is 11.6. The van der Waals surface area contributed by atoms with Crippen LogP contribution in [0.5, 0.6) is 0 Å². The van der Waals surface area contributed by atoms with E-state index in [0.717, 1.165) is 19.3 Å². The molecule has 2 unspecified atom stereocenters. The molecule has 0 heterocycles. The zero-order valence-corrected chi connectivity index (χ0v) is 17.2. The fraction of sp³-hybridized carbons (Fsp3) is 0.882. The van der Waals surface area contributed by atoms with Gasteiger partial charge in [-0.2, -0.15) is 0 Å². The molecule has 2 atom stereocenters. The summed E-state index contributed by atoms with van der Waals surface area (Å²) >= 11 is 0. The molecule has 1 amide bonds. The molecule has 0 aromatic carbocycles. The van der Waals surface area contributed by atoms with E-state index in [-0.39, 0.29) is 25.7 Å². The third-order valence-electron chi connectivity index (χ3n) is 3.60. The number of nitrogens with one attached hydrogen (secondary N) is 1. The van der Waals surface area contributed by atoms with Gasteiger partial charge in [0.25, 0.3) is 0 Å². The highest BCUT2D eigenvalue weighted by molar-refractivity contribution is 7.47. The van der Waals surface area contributed by atoms with Crippen LogP contribution in [0.2, 0.25) is 0 Å². The quantitative estimate of drug-likeness (QED) is 0.189. The monoisotopic (exact) mass is 411 g/mol. The molecule has 27 heavy (non-hydrogen) atoms. The van der Waals surface area contributed by atoms with Crippen molar-refractivity contribution in [2.24, 2.45) is 0 Å². The van der Waals surface area contributed by atoms with Gasteiger partial charge in [-0.05, 0) is 6.42 Å². The number of aliphatic hydroxyl groups is 1. The lowest BCUT2D eigenvalue weighted by atomic mass is 10.1. The Kier molecular flexibility index (Phi) is 15.4. The molecule has 0 bridgehead atoms. The van der Waals surface area contributed by atoms with Gasteiger partial charge >= 0.3 is 13.8 Å². The summed E-state index contributed by atoms with van der Waals surface area (Å²) in [5.41, 5.74) is 0. The highest BCUT2D eigenvalue weighted by Crippen LogP contribution is 2.42. The lowest BCUT2D eigenvalue weighted by Gasteiger charge is -2.15. The third-order valence-corrected chi connectivity index (χ3v) is 4.58. The molecule has 3 N–H and O–H groups in total. The molecular formula is C17H34NO8P. The van der Waals surface area contributed by atoms with Crippen LogP contribution >= 0.6 is 7.82 Å². The molecule has 0 aliphatic heterocycles. The largest absolute Gasteiger partial charge is 0.472 e. The Morgan fingerprint density at radius 3 is 2.30 bits per heavy atom. The molecule has 0 spiro atoms. The van der Waals surface area contributed by atoms with E-state index in [1.807, 2.05) is 0 Å². The molecule has 0 saturated carbocycles. The lowest BCUT2D eigenvalue weighted by Crippen LogP contribution is -2.27. The van der Waals surface area contributed by atoms with Crippen LogP contribution < -0.4 is 5.32 Å². The van der Waals surface area contributed by atoms with Crippen LogP contribution in [0.25, 0.3) is 0 Å². The summed E-state index contributed by atoms with van der Waals surface area (Å²) in [6, 6.07) is 0. The van der Waals surface area contributed by atoms with Crippen LogP contribution in [0.1, 0.15) is 65.2 Å². The maximum Gasteiger partial charge on any atom is 0.472 e. The van der Waals surface area contributed by atoms with Gasteiger partial charge in [0.2, 0.25) is 5.91 Å². The smallest absolute Gasteiger partial charge is 0.463 e. The second-order valence-corrected chi connectivity index (χ2v) is 7.73. The van der Waals surface area contributed by atoms with Crippen molar-refractivity contribution in [2.75, 3.05) is 26.4 Å². The van der Waals surface area contributed by atoms with Gasteiger partial charge in [-0.1, -0.05) is 45.4 Å². The highest BCUT2D eigenvalue weighted by Gasteiger charge is 2.23. The van der Waals surface area contributed by atoms with E-state index in [1.54, 1.807) is 0 Å². The van der Waals surface area contributed by atoms with Crippen LogP contribution in [0.15, 0.2) is 0 Å². The predicted molar refractivity (Wildman–Crippen MR) is 100.0 cm³/mol. The van der Waals surface area contributed by atoms with Gasteiger partial charge in [0.05, 0.1) is 13.2 Å².